The van der Waals surface area contributed by atoms with Crippen LogP contribution in [0, 0.1) is 10.1 Å². The van der Waals surface area contributed by atoms with Crippen molar-refractivity contribution in [3.63, 3.8) is 0 Å². The summed E-state index contributed by atoms with van der Waals surface area (Å²) in [6.07, 6.45) is 0.971. The molecule has 2 rings (SSSR count). The smallest absolute Gasteiger partial charge is 0.293 e. The van der Waals surface area contributed by atoms with Crippen LogP contribution in [0.1, 0.15) is 0 Å². The average Bonchev–Trinajstić information content (AvgIpc) is 2.37. The van der Waals surface area contributed by atoms with E-state index >= 15 is 0 Å². The van der Waals surface area contributed by atoms with Crippen molar-refractivity contribution in [2.75, 3.05) is 49.1 Å². The second-order valence-corrected chi connectivity index (χ2v) is 6.87. The molecule has 0 atom stereocenters. The number of nitrogens with one attached hydrogen (secondary N) is 1. The van der Waals surface area contributed by atoms with Crippen LogP contribution in [0.25, 0.3) is 0 Å². The van der Waals surface area contributed by atoms with Crippen molar-refractivity contribution in [2.24, 2.45) is 0 Å². The maximum absolute atomic E-state index is 11.4. The van der Waals surface area contributed by atoms with Crippen LogP contribution in [-0.2, 0) is 10.0 Å². The highest BCUT2D eigenvalue weighted by Crippen LogP contribution is 2.30. The van der Waals surface area contributed by atoms with Crippen LogP contribution >= 0.6 is 0 Å². The summed E-state index contributed by atoms with van der Waals surface area (Å²) >= 11 is 0. The molecule has 1 aliphatic rings. The van der Waals surface area contributed by atoms with Crippen molar-refractivity contribution in [3.8, 4) is 0 Å². The SMILES string of the molecule is CN1CCN(c2ccc([N+](=O)[O-])c(NS(C)(=O)=O)c2)CC1. The maximum Gasteiger partial charge on any atom is 0.293 e. The fraction of sp³-hybridized carbons (Fsp3) is 0.500. The second kappa shape index (κ2) is 5.86. The molecule has 1 N–H and O–H groups in total. The fourth-order valence-corrected chi connectivity index (χ4v) is 2.79. The van der Waals surface area contributed by atoms with Gasteiger partial charge < -0.3 is 9.80 Å². The van der Waals surface area contributed by atoms with Crippen molar-refractivity contribution >= 4 is 27.1 Å². The summed E-state index contributed by atoms with van der Waals surface area (Å²) in [4.78, 5) is 14.7. The summed E-state index contributed by atoms with van der Waals surface area (Å²) in [5, 5.41) is 11.0. The Morgan fingerprint density at radius 1 is 1.24 bits per heavy atom. The van der Waals surface area contributed by atoms with Gasteiger partial charge in [-0.1, -0.05) is 0 Å². The Morgan fingerprint density at radius 2 is 1.86 bits per heavy atom. The van der Waals surface area contributed by atoms with Gasteiger partial charge in [0.25, 0.3) is 5.69 Å². The lowest BCUT2D eigenvalue weighted by Crippen LogP contribution is -2.44. The zero-order valence-electron chi connectivity index (χ0n) is 11.9. The summed E-state index contributed by atoms with van der Waals surface area (Å²) < 4.78 is 24.9. The molecule has 0 bridgehead atoms. The van der Waals surface area contributed by atoms with Crippen molar-refractivity contribution < 1.29 is 13.3 Å². The molecule has 1 aromatic rings. The number of anilines is 2. The third-order valence-corrected chi connectivity index (χ3v) is 3.93. The van der Waals surface area contributed by atoms with Gasteiger partial charge in [0.15, 0.2) is 0 Å². The second-order valence-electron chi connectivity index (χ2n) is 5.12. The zero-order valence-corrected chi connectivity index (χ0v) is 12.8. The van der Waals surface area contributed by atoms with Crippen LogP contribution in [0.4, 0.5) is 17.1 Å². The number of nitrogens with zero attached hydrogens (tertiary/aromatic N) is 3. The molecule has 1 aliphatic heterocycles. The van der Waals surface area contributed by atoms with Gasteiger partial charge in [-0.2, -0.15) is 0 Å². The molecule has 1 aromatic carbocycles. The number of benzene rings is 1. The first kappa shape index (κ1) is 15.5. The molecule has 0 unspecified atom stereocenters. The molecule has 9 heteroatoms. The van der Waals surface area contributed by atoms with E-state index in [0.717, 1.165) is 38.1 Å². The topological polar surface area (TPSA) is 95.8 Å². The average molecular weight is 314 g/mol. The minimum absolute atomic E-state index is 0.000993. The minimum atomic E-state index is -3.57. The van der Waals surface area contributed by atoms with Gasteiger partial charge in [-0.15, -0.1) is 0 Å². The standard InChI is InChI=1S/C12H18N4O4S/c1-14-5-7-15(8-6-14)10-3-4-12(16(17)18)11(9-10)13-21(2,19)20/h3-4,9,13H,5-8H2,1-2H3. The molecule has 1 fully saturated rings. The zero-order chi connectivity index (χ0) is 15.6. The molecule has 21 heavy (non-hydrogen) atoms. The highest BCUT2D eigenvalue weighted by molar-refractivity contribution is 7.92. The molecule has 8 nitrogen and oxygen atoms in total. The molecule has 1 saturated heterocycles. The number of hydrogen-bond donors (Lipinski definition) is 1. The Bertz CT molecular complexity index is 639. The Hall–Kier alpha value is -1.87. The molecule has 0 aromatic heterocycles. The van der Waals surface area contributed by atoms with E-state index in [1.807, 2.05) is 7.05 Å². The Morgan fingerprint density at radius 3 is 2.38 bits per heavy atom. The molecule has 0 saturated carbocycles. The summed E-state index contributed by atoms with van der Waals surface area (Å²) in [5.41, 5.74) is 0.525. The van der Waals surface area contributed by atoms with Crippen LogP contribution in [0.15, 0.2) is 18.2 Å². The van der Waals surface area contributed by atoms with E-state index in [4.69, 9.17) is 0 Å². The van der Waals surface area contributed by atoms with Gasteiger partial charge in [-0.3, -0.25) is 14.8 Å². The molecule has 0 radical (unpaired) electrons. The van der Waals surface area contributed by atoms with E-state index in [-0.39, 0.29) is 11.4 Å². The van der Waals surface area contributed by atoms with Gasteiger partial charge in [0.05, 0.1) is 11.2 Å². The molecule has 0 spiro atoms. The van der Waals surface area contributed by atoms with Gasteiger partial charge in [-0.05, 0) is 19.2 Å². The predicted molar refractivity (Wildman–Crippen MR) is 81.3 cm³/mol. The van der Waals surface area contributed by atoms with Gasteiger partial charge in [-0.25, -0.2) is 8.42 Å². The lowest BCUT2D eigenvalue weighted by atomic mass is 10.2. The molecule has 0 aliphatic carbocycles. The first-order valence-electron chi connectivity index (χ1n) is 6.46. The number of hydrogen-bond acceptors (Lipinski definition) is 6. The summed E-state index contributed by atoms with van der Waals surface area (Å²) in [5.74, 6) is 0. The lowest BCUT2D eigenvalue weighted by Gasteiger charge is -2.34. The number of nitro benzene ring substituents is 1. The lowest BCUT2D eigenvalue weighted by molar-refractivity contribution is -0.383. The van der Waals surface area contributed by atoms with E-state index in [1.54, 1.807) is 6.07 Å². The van der Waals surface area contributed by atoms with Gasteiger partial charge in [0.2, 0.25) is 10.0 Å². The number of likely N-dealkylation sites (N-methyl/N-ethyl adjacent to an activating group) is 1. The van der Waals surface area contributed by atoms with E-state index in [1.165, 1.54) is 12.1 Å². The molecule has 1 heterocycles. The van der Waals surface area contributed by atoms with Crippen molar-refractivity contribution in [1.82, 2.24) is 4.90 Å². The molecule has 0 amide bonds. The van der Waals surface area contributed by atoms with Crippen LogP contribution in [0.2, 0.25) is 0 Å². The monoisotopic (exact) mass is 314 g/mol. The maximum atomic E-state index is 11.4. The van der Waals surface area contributed by atoms with Crippen molar-refractivity contribution in [1.29, 1.82) is 0 Å². The molecular weight excluding hydrogens is 296 g/mol. The van der Waals surface area contributed by atoms with Crippen LogP contribution in [0.5, 0.6) is 0 Å². The largest absolute Gasteiger partial charge is 0.369 e. The van der Waals surface area contributed by atoms with Crippen LogP contribution in [0.3, 0.4) is 0 Å². The highest BCUT2D eigenvalue weighted by atomic mass is 32.2. The highest BCUT2D eigenvalue weighted by Gasteiger charge is 2.20. The molecular formula is C12H18N4O4S. The van der Waals surface area contributed by atoms with Crippen LogP contribution < -0.4 is 9.62 Å². The number of piperazine rings is 1. The Labute approximate surface area is 123 Å². The van der Waals surface area contributed by atoms with Crippen molar-refractivity contribution in [2.45, 2.75) is 0 Å². The first-order valence-corrected chi connectivity index (χ1v) is 8.35. The van der Waals surface area contributed by atoms with E-state index in [2.05, 4.69) is 14.5 Å². The van der Waals surface area contributed by atoms with Gasteiger partial charge in [0.1, 0.15) is 5.69 Å². The minimum Gasteiger partial charge on any atom is -0.369 e. The normalized spacial score (nSPS) is 16.8. The van der Waals surface area contributed by atoms with Gasteiger partial charge in [0, 0.05) is 37.9 Å². The summed E-state index contributed by atoms with van der Waals surface area (Å²) in [6, 6.07) is 4.50. The van der Waals surface area contributed by atoms with E-state index in [9.17, 15) is 18.5 Å². The first-order chi connectivity index (χ1) is 9.76. The molecule has 116 valence electrons. The van der Waals surface area contributed by atoms with E-state index < -0.39 is 14.9 Å². The van der Waals surface area contributed by atoms with Crippen molar-refractivity contribution in [3.05, 3.63) is 28.3 Å². The number of rotatable bonds is 4. The summed E-state index contributed by atoms with van der Waals surface area (Å²) in [6.45, 7) is 3.39. The quantitative estimate of drug-likeness (QED) is 0.650. The van der Waals surface area contributed by atoms with Crippen LogP contribution in [-0.4, -0.2) is 57.7 Å². The number of sulfonamides is 1. The summed E-state index contributed by atoms with van der Waals surface area (Å²) in [7, 11) is -1.54. The van der Waals surface area contributed by atoms with E-state index in [0.29, 0.717) is 0 Å². The van der Waals surface area contributed by atoms with Gasteiger partial charge >= 0.3 is 0 Å². The number of nitro groups is 1. The Balaban J connectivity index is 2.32. The fourth-order valence-electron chi connectivity index (χ4n) is 2.23. The predicted octanol–water partition coefficient (Wildman–Crippen LogP) is 0.718. The third kappa shape index (κ3) is 4.05. The third-order valence-electron chi connectivity index (χ3n) is 3.34. The Kier molecular flexibility index (Phi) is 4.33.